The number of benzene rings is 2. The first-order valence-corrected chi connectivity index (χ1v) is 14.0. The number of ketones is 1. The number of hydrogen-bond acceptors (Lipinski definition) is 4. The van der Waals surface area contributed by atoms with Crippen LogP contribution in [-0.4, -0.2) is 34.5 Å². The quantitative estimate of drug-likeness (QED) is 0.395. The summed E-state index contributed by atoms with van der Waals surface area (Å²) in [5, 5.41) is 17.5. The van der Waals surface area contributed by atoms with E-state index in [2.05, 4.69) is 31.4 Å². The number of fused-ring (bicyclic) bond motifs is 2. The van der Waals surface area contributed by atoms with Crippen LogP contribution in [0.4, 0.5) is 10.1 Å². The summed E-state index contributed by atoms with van der Waals surface area (Å²) in [5.41, 5.74) is -0.699. The smallest absolute Gasteiger partial charge is 0.237 e. The lowest BCUT2D eigenvalue weighted by atomic mass is 9.62. The summed E-state index contributed by atoms with van der Waals surface area (Å²) < 4.78 is 15.8. The number of carbonyl (C=O) groups is 2. The summed E-state index contributed by atoms with van der Waals surface area (Å²) in [6.07, 6.45) is 2.76. The Morgan fingerprint density at radius 1 is 1.21 bits per heavy atom. The van der Waals surface area contributed by atoms with Crippen LogP contribution in [0, 0.1) is 17.2 Å². The highest BCUT2D eigenvalue weighted by molar-refractivity contribution is 6.31. The molecule has 0 unspecified atom stereocenters. The van der Waals surface area contributed by atoms with E-state index in [9.17, 15) is 14.7 Å². The number of hydrogen-bond donors (Lipinski definition) is 3. The third kappa shape index (κ3) is 4.68. The Balaban J connectivity index is 1.68. The van der Waals surface area contributed by atoms with Crippen molar-refractivity contribution in [3.8, 4) is 0 Å². The summed E-state index contributed by atoms with van der Waals surface area (Å²) in [5.74, 6) is -1.77. The largest absolute Gasteiger partial charge is 0.390 e. The van der Waals surface area contributed by atoms with E-state index in [1.807, 2.05) is 6.07 Å². The number of nitrogens with one attached hydrogen (secondary N) is 2. The average molecular weight is 562 g/mol. The highest BCUT2D eigenvalue weighted by Gasteiger charge is 2.66. The van der Waals surface area contributed by atoms with E-state index in [4.69, 9.17) is 23.2 Å². The Labute approximate surface area is 233 Å². The zero-order valence-electron chi connectivity index (χ0n) is 22.2. The molecule has 2 aliphatic heterocycles. The number of aliphatic hydroxyl groups is 1. The molecule has 1 saturated heterocycles. The predicted octanol–water partition coefficient (Wildman–Crippen LogP) is 6.39. The molecule has 204 valence electrons. The van der Waals surface area contributed by atoms with Gasteiger partial charge >= 0.3 is 0 Å². The van der Waals surface area contributed by atoms with Gasteiger partial charge in [-0.1, -0.05) is 62.2 Å². The van der Waals surface area contributed by atoms with Crippen LogP contribution in [0.2, 0.25) is 10.0 Å². The van der Waals surface area contributed by atoms with Gasteiger partial charge in [0.2, 0.25) is 5.91 Å². The number of amides is 1. The van der Waals surface area contributed by atoms with Crippen molar-refractivity contribution in [3.05, 3.63) is 63.4 Å². The van der Waals surface area contributed by atoms with Gasteiger partial charge in [0.1, 0.15) is 11.2 Å². The van der Waals surface area contributed by atoms with E-state index in [1.165, 1.54) is 6.07 Å². The first-order valence-electron chi connectivity index (χ1n) is 13.3. The number of halogens is 3. The number of anilines is 1. The molecule has 1 aliphatic carbocycles. The maximum Gasteiger partial charge on any atom is 0.237 e. The Morgan fingerprint density at radius 2 is 1.95 bits per heavy atom. The van der Waals surface area contributed by atoms with Gasteiger partial charge in [0.25, 0.3) is 0 Å². The van der Waals surface area contributed by atoms with Crippen LogP contribution >= 0.6 is 23.2 Å². The van der Waals surface area contributed by atoms with Crippen molar-refractivity contribution in [2.24, 2.45) is 11.3 Å². The molecule has 0 aromatic heterocycles. The fourth-order valence-electron chi connectivity index (χ4n) is 7.13. The van der Waals surface area contributed by atoms with Gasteiger partial charge in [0.15, 0.2) is 5.78 Å². The van der Waals surface area contributed by atoms with Crippen molar-refractivity contribution in [2.75, 3.05) is 5.32 Å². The zero-order chi connectivity index (χ0) is 27.6. The highest BCUT2D eigenvalue weighted by atomic mass is 35.5. The van der Waals surface area contributed by atoms with Crippen molar-refractivity contribution in [1.82, 2.24) is 5.32 Å². The normalized spacial score (nSPS) is 32.6. The average Bonchev–Trinajstić information content (AvgIpc) is 3.41. The van der Waals surface area contributed by atoms with Crippen LogP contribution in [0.5, 0.6) is 0 Å². The van der Waals surface area contributed by atoms with E-state index in [1.54, 1.807) is 31.2 Å². The second kappa shape index (κ2) is 9.58. The fourth-order valence-corrected chi connectivity index (χ4v) is 7.48. The summed E-state index contributed by atoms with van der Waals surface area (Å²) in [7, 11) is 0. The van der Waals surface area contributed by atoms with Crippen molar-refractivity contribution in [3.63, 3.8) is 0 Å². The molecule has 2 aromatic carbocycles. The third-order valence-electron chi connectivity index (χ3n) is 8.59. The van der Waals surface area contributed by atoms with Crippen molar-refractivity contribution in [2.45, 2.75) is 88.8 Å². The molecule has 3 N–H and O–H groups in total. The van der Waals surface area contributed by atoms with Crippen LogP contribution in [0.25, 0.3) is 0 Å². The Hall–Kier alpha value is -1.99. The fraction of sp³-hybridized carbons (Fsp3) is 0.533. The van der Waals surface area contributed by atoms with Gasteiger partial charge in [-0.05, 0) is 73.3 Å². The molecule has 0 bridgehead atoms. The lowest BCUT2D eigenvalue weighted by Crippen LogP contribution is -2.49. The molecule has 1 saturated carbocycles. The summed E-state index contributed by atoms with van der Waals surface area (Å²) >= 11 is 12.5. The predicted molar refractivity (Wildman–Crippen MR) is 148 cm³/mol. The second-order valence-electron chi connectivity index (χ2n) is 12.9. The van der Waals surface area contributed by atoms with Gasteiger partial charge < -0.3 is 15.7 Å². The standard InChI is InChI=1S/C30H35Cl2FN2O3/c1-28(2,3)15-23-30(19-9-8-17(31)13-21(19)34-27(30)37)24(18-6-5-7-20(32)25(18)33)26(35-23)22(36)12-16-10-11-29(4,38)14-16/h5-9,13,16,23-24,26,35,38H,10-12,14-15H2,1-4H3,(H,34,37)/t16-,23-,24+,26+,29+,30+/m1/s1. The van der Waals surface area contributed by atoms with Crippen LogP contribution in [0.3, 0.4) is 0 Å². The summed E-state index contributed by atoms with van der Waals surface area (Å²) in [6, 6.07) is 8.78. The van der Waals surface area contributed by atoms with Crippen LogP contribution in [-0.2, 0) is 15.0 Å². The van der Waals surface area contributed by atoms with E-state index in [0.29, 0.717) is 35.5 Å². The maximum atomic E-state index is 15.8. The third-order valence-corrected chi connectivity index (χ3v) is 9.12. The molecule has 2 aromatic rings. The number of Topliss-reactive ketones (excluding diaryl/α,β-unsaturated/α-hetero) is 1. The highest BCUT2D eigenvalue weighted by Crippen LogP contribution is 2.57. The van der Waals surface area contributed by atoms with Crippen molar-refractivity contribution in [1.29, 1.82) is 0 Å². The van der Waals surface area contributed by atoms with Crippen LogP contribution in [0.15, 0.2) is 36.4 Å². The van der Waals surface area contributed by atoms with Gasteiger partial charge in [0, 0.05) is 29.1 Å². The number of rotatable bonds is 5. The molecule has 38 heavy (non-hydrogen) atoms. The zero-order valence-corrected chi connectivity index (χ0v) is 23.7. The summed E-state index contributed by atoms with van der Waals surface area (Å²) in [4.78, 5) is 28.2. The Bertz CT molecular complexity index is 1290. The Kier molecular flexibility index (Phi) is 6.95. The molecular formula is C30H35Cl2FN2O3. The van der Waals surface area contributed by atoms with E-state index in [-0.39, 0.29) is 40.0 Å². The lowest BCUT2D eigenvalue weighted by molar-refractivity contribution is -0.123. The first kappa shape index (κ1) is 27.6. The minimum Gasteiger partial charge on any atom is -0.390 e. The van der Waals surface area contributed by atoms with E-state index >= 15 is 4.39 Å². The van der Waals surface area contributed by atoms with Gasteiger partial charge in [-0.15, -0.1) is 0 Å². The molecule has 0 radical (unpaired) electrons. The lowest BCUT2D eigenvalue weighted by Gasteiger charge is -2.37. The molecule has 1 amide bonds. The summed E-state index contributed by atoms with van der Waals surface area (Å²) in [6.45, 7) is 8.06. The Morgan fingerprint density at radius 3 is 2.61 bits per heavy atom. The monoisotopic (exact) mass is 560 g/mol. The van der Waals surface area contributed by atoms with Gasteiger partial charge in [-0.3, -0.25) is 9.59 Å². The second-order valence-corrected chi connectivity index (χ2v) is 13.7. The molecule has 5 rings (SSSR count). The van der Waals surface area contributed by atoms with Crippen LogP contribution < -0.4 is 10.6 Å². The van der Waals surface area contributed by atoms with Gasteiger partial charge in [0.05, 0.1) is 16.7 Å². The molecule has 8 heteroatoms. The van der Waals surface area contributed by atoms with Gasteiger partial charge in [-0.25, -0.2) is 4.39 Å². The first-order chi connectivity index (χ1) is 17.7. The molecule has 6 atom stereocenters. The molecule has 3 aliphatic rings. The minimum atomic E-state index is -1.25. The van der Waals surface area contributed by atoms with E-state index < -0.39 is 34.8 Å². The molecule has 5 nitrogen and oxygen atoms in total. The van der Waals surface area contributed by atoms with Crippen LogP contribution in [0.1, 0.15) is 76.8 Å². The van der Waals surface area contributed by atoms with Crippen molar-refractivity contribution < 1.29 is 19.1 Å². The number of carbonyl (C=O) groups excluding carboxylic acids is 2. The maximum absolute atomic E-state index is 15.8. The minimum absolute atomic E-state index is 0.0327. The van der Waals surface area contributed by atoms with Gasteiger partial charge in [-0.2, -0.15) is 0 Å². The molecular weight excluding hydrogens is 526 g/mol. The molecule has 2 heterocycles. The molecule has 2 fully saturated rings. The molecule has 1 spiro atoms. The topological polar surface area (TPSA) is 78.4 Å². The SMILES string of the molecule is CC(C)(C)C[C@H]1N[C@@H](C(=O)C[C@H]2CC[C@](C)(O)C2)[C@H](c2cccc(Cl)c2F)[C@@]12C(=O)Nc1cc(Cl)ccc12. The van der Waals surface area contributed by atoms with E-state index in [0.717, 1.165) is 6.42 Å². The van der Waals surface area contributed by atoms with Crippen molar-refractivity contribution >= 4 is 40.6 Å².